The Kier molecular flexibility index (Phi) is 5.35. The summed E-state index contributed by atoms with van der Waals surface area (Å²) < 4.78 is 0.204. The lowest BCUT2D eigenvalue weighted by Crippen LogP contribution is -2.36. The Morgan fingerprint density at radius 1 is 1.56 bits per heavy atom. The summed E-state index contributed by atoms with van der Waals surface area (Å²) >= 11 is 1.95. The zero-order valence-electron chi connectivity index (χ0n) is 10.4. The summed E-state index contributed by atoms with van der Waals surface area (Å²) in [4.78, 5) is 11.9. The van der Waals surface area contributed by atoms with Gasteiger partial charge < -0.3 is 11.1 Å². The van der Waals surface area contributed by atoms with Crippen molar-refractivity contribution in [2.24, 2.45) is 0 Å². The topological polar surface area (TPSA) is 55.1 Å². The zero-order valence-corrected chi connectivity index (χ0v) is 12.1. The van der Waals surface area contributed by atoms with E-state index in [1.54, 1.807) is 24.3 Å². The summed E-state index contributed by atoms with van der Waals surface area (Å²) in [6.45, 7) is 2.94. The van der Waals surface area contributed by atoms with E-state index in [1.807, 2.05) is 11.8 Å². The third kappa shape index (κ3) is 3.82. The lowest BCUT2D eigenvalue weighted by atomic mass is 10.1. The van der Waals surface area contributed by atoms with Gasteiger partial charge >= 0.3 is 0 Å². The van der Waals surface area contributed by atoms with Crippen LogP contribution in [0.2, 0.25) is 0 Å². The molecule has 100 valence electrons. The molecule has 1 fully saturated rings. The molecule has 3 N–H and O–H groups in total. The van der Waals surface area contributed by atoms with Crippen molar-refractivity contribution in [2.45, 2.75) is 24.5 Å². The number of anilines is 1. The van der Waals surface area contributed by atoms with Gasteiger partial charge in [0, 0.05) is 22.5 Å². The predicted octanol–water partition coefficient (Wildman–Crippen LogP) is 2.71. The molecule has 5 heteroatoms. The van der Waals surface area contributed by atoms with Gasteiger partial charge in [0.2, 0.25) is 0 Å². The molecule has 1 aliphatic heterocycles. The summed E-state index contributed by atoms with van der Waals surface area (Å²) in [7, 11) is 0. The van der Waals surface area contributed by atoms with Crippen LogP contribution in [0.1, 0.15) is 30.1 Å². The first-order chi connectivity index (χ1) is 8.09. The molecular weight excluding hydrogens is 268 g/mol. The molecule has 1 amide bonds. The maximum absolute atomic E-state index is 11.9. The minimum absolute atomic E-state index is 0. The normalized spacial score (nSPS) is 22.3. The van der Waals surface area contributed by atoms with Crippen LogP contribution in [0.15, 0.2) is 24.3 Å². The number of halogens is 1. The van der Waals surface area contributed by atoms with Crippen molar-refractivity contribution in [1.82, 2.24) is 5.32 Å². The van der Waals surface area contributed by atoms with Gasteiger partial charge in [-0.1, -0.05) is 6.07 Å². The average molecular weight is 287 g/mol. The van der Waals surface area contributed by atoms with Crippen molar-refractivity contribution in [1.29, 1.82) is 0 Å². The van der Waals surface area contributed by atoms with Gasteiger partial charge in [0.15, 0.2) is 0 Å². The lowest BCUT2D eigenvalue weighted by molar-refractivity contribution is 0.0950. The second kappa shape index (κ2) is 6.34. The molecule has 18 heavy (non-hydrogen) atoms. The first-order valence-electron chi connectivity index (χ1n) is 5.87. The fourth-order valence-corrected chi connectivity index (χ4v) is 3.27. The Morgan fingerprint density at radius 3 is 2.94 bits per heavy atom. The molecular formula is C13H19ClN2OS. The molecule has 0 saturated carbocycles. The van der Waals surface area contributed by atoms with Crippen LogP contribution < -0.4 is 11.1 Å². The second-order valence-corrected chi connectivity index (χ2v) is 6.39. The number of nitrogens with one attached hydrogen (secondary N) is 1. The first-order valence-corrected chi connectivity index (χ1v) is 6.85. The molecule has 0 radical (unpaired) electrons. The van der Waals surface area contributed by atoms with Crippen LogP contribution in [-0.4, -0.2) is 23.0 Å². The van der Waals surface area contributed by atoms with Gasteiger partial charge in [-0.05, 0) is 43.7 Å². The number of hydrogen-bond donors (Lipinski definition) is 2. The van der Waals surface area contributed by atoms with Crippen LogP contribution in [-0.2, 0) is 0 Å². The smallest absolute Gasteiger partial charge is 0.251 e. The maximum atomic E-state index is 11.9. The molecule has 1 heterocycles. The fraction of sp³-hybridized carbons (Fsp3) is 0.462. The van der Waals surface area contributed by atoms with Crippen LogP contribution in [0.25, 0.3) is 0 Å². The monoisotopic (exact) mass is 286 g/mol. The van der Waals surface area contributed by atoms with Crippen LogP contribution in [0.3, 0.4) is 0 Å². The number of benzene rings is 1. The summed E-state index contributed by atoms with van der Waals surface area (Å²) in [5.41, 5.74) is 6.92. The van der Waals surface area contributed by atoms with Gasteiger partial charge in [-0.3, -0.25) is 4.79 Å². The molecule has 1 unspecified atom stereocenters. The molecule has 1 aliphatic rings. The standard InChI is InChI=1S/C13H18N2OS.ClH/c1-13(6-3-7-17-13)9-15-12(16)10-4-2-5-11(14)8-10;/h2,4-5,8H,3,6-7,9,14H2,1H3,(H,15,16);1H. The molecule has 2 rings (SSSR count). The molecule has 0 aliphatic carbocycles. The largest absolute Gasteiger partial charge is 0.399 e. The van der Waals surface area contributed by atoms with Crippen LogP contribution in [0.4, 0.5) is 5.69 Å². The molecule has 0 aromatic heterocycles. The van der Waals surface area contributed by atoms with E-state index in [0.717, 1.165) is 6.54 Å². The maximum Gasteiger partial charge on any atom is 0.251 e. The van der Waals surface area contributed by atoms with E-state index >= 15 is 0 Å². The van der Waals surface area contributed by atoms with Gasteiger partial charge in [-0.2, -0.15) is 11.8 Å². The highest BCUT2D eigenvalue weighted by Gasteiger charge is 2.29. The van der Waals surface area contributed by atoms with Crippen molar-refractivity contribution < 1.29 is 4.79 Å². The predicted molar refractivity (Wildman–Crippen MR) is 80.5 cm³/mol. The summed E-state index contributed by atoms with van der Waals surface area (Å²) in [6, 6.07) is 7.08. The molecule has 1 aromatic rings. The molecule has 1 aromatic carbocycles. The Balaban J connectivity index is 0.00000162. The third-order valence-corrected chi connectivity index (χ3v) is 4.61. The Bertz CT molecular complexity index is 419. The third-order valence-electron chi connectivity index (χ3n) is 3.07. The molecule has 3 nitrogen and oxygen atoms in total. The highest BCUT2D eigenvalue weighted by molar-refractivity contribution is 8.00. The number of nitrogens with two attached hydrogens (primary N) is 1. The van der Waals surface area contributed by atoms with E-state index in [0.29, 0.717) is 11.3 Å². The SMILES string of the molecule is CC1(CNC(=O)c2cccc(N)c2)CCCS1.Cl. The first kappa shape index (κ1) is 15.2. The summed E-state index contributed by atoms with van der Waals surface area (Å²) in [6.07, 6.45) is 2.42. The fourth-order valence-electron chi connectivity index (χ4n) is 2.03. The number of amides is 1. The number of rotatable bonds is 3. The number of nitrogen functional groups attached to an aromatic ring is 1. The minimum atomic E-state index is -0.0361. The Morgan fingerprint density at radius 2 is 2.33 bits per heavy atom. The second-order valence-electron chi connectivity index (χ2n) is 4.71. The summed E-state index contributed by atoms with van der Waals surface area (Å²) in [5, 5.41) is 2.99. The molecule has 0 bridgehead atoms. The van der Waals surface area contributed by atoms with Crippen molar-refractivity contribution in [3.63, 3.8) is 0 Å². The number of carbonyl (C=O) groups excluding carboxylic acids is 1. The van der Waals surface area contributed by atoms with E-state index in [-0.39, 0.29) is 23.1 Å². The zero-order chi connectivity index (χ0) is 12.3. The van der Waals surface area contributed by atoms with Crippen molar-refractivity contribution >= 4 is 35.8 Å². The quantitative estimate of drug-likeness (QED) is 0.840. The van der Waals surface area contributed by atoms with E-state index in [2.05, 4.69) is 12.2 Å². The Labute approximate surface area is 118 Å². The van der Waals surface area contributed by atoms with E-state index in [1.165, 1.54) is 18.6 Å². The number of thioether (sulfide) groups is 1. The van der Waals surface area contributed by atoms with E-state index in [4.69, 9.17) is 5.73 Å². The van der Waals surface area contributed by atoms with Crippen LogP contribution in [0, 0.1) is 0 Å². The number of hydrogen-bond acceptors (Lipinski definition) is 3. The summed E-state index contributed by atoms with van der Waals surface area (Å²) in [5.74, 6) is 1.16. The van der Waals surface area contributed by atoms with Gasteiger partial charge in [0.1, 0.15) is 0 Å². The van der Waals surface area contributed by atoms with Crippen molar-refractivity contribution in [3.05, 3.63) is 29.8 Å². The molecule has 0 spiro atoms. The van der Waals surface area contributed by atoms with Gasteiger partial charge in [-0.15, -0.1) is 12.4 Å². The van der Waals surface area contributed by atoms with Crippen LogP contribution >= 0.6 is 24.2 Å². The molecule has 1 saturated heterocycles. The van der Waals surface area contributed by atoms with Crippen molar-refractivity contribution in [3.8, 4) is 0 Å². The average Bonchev–Trinajstić information content (AvgIpc) is 2.74. The lowest BCUT2D eigenvalue weighted by Gasteiger charge is -2.22. The van der Waals surface area contributed by atoms with E-state index in [9.17, 15) is 4.79 Å². The highest BCUT2D eigenvalue weighted by Crippen LogP contribution is 2.36. The van der Waals surface area contributed by atoms with Gasteiger partial charge in [0.25, 0.3) is 5.91 Å². The van der Waals surface area contributed by atoms with Crippen LogP contribution in [0.5, 0.6) is 0 Å². The van der Waals surface area contributed by atoms with Crippen molar-refractivity contribution in [2.75, 3.05) is 18.0 Å². The van der Waals surface area contributed by atoms with E-state index < -0.39 is 0 Å². The van der Waals surface area contributed by atoms with Gasteiger partial charge in [-0.25, -0.2) is 0 Å². The Hall–Kier alpha value is -0.870. The minimum Gasteiger partial charge on any atom is -0.399 e. The van der Waals surface area contributed by atoms with Gasteiger partial charge in [0.05, 0.1) is 0 Å². The molecule has 1 atom stereocenters. The number of carbonyl (C=O) groups is 1. The highest BCUT2D eigenvalue weighted by atomic mass is 35.5.